The SMILES string of the molecule is Cc1ccc(C(O)(c2ccc(C)cc2)C(C)NC(=O)C2(C(=O)NC(C)C(O)(c3ccc(C)cc3)c3ccc(C)cc3)CC2)cc1. The highest BCUT2D eigenvalue weighted by Gasteiger charge is 2.58. The molecule has 1 aliphatic rings. The van der Waals surface area contributed by atoms with Crippen molar-refractivity contribution in [2.24, 2.45) is 5.41 Å². The van der Waals surface area contributed by atoms with Gasteiger partial charge in [0.05, 0.1) is 12.1 Å². The molecule has 0 aromatic heterocycles. The molecule has 0 aliphatic heterocycles. The van der Waals surface area contributed by atoms with Gasteiger partial charge in [-0.25, -0.2) is 0 Å². The van der Waals surface area contributed by atoms with Gasteiger partial charge >= 0.3 is 0 Å². The molecule has 0 bridgehead atoms. The quantitative estimate of drug-likeness (QED) is 0.170. The molecule has 0 heterocycles. The number of aliphatic hydroxyl groups is 2. The Bertz CT molecular complexity index is 1440. The third-order valence-electron chi connectivity index (χ3n) is 9.53. The third-order valence-corrected chi connectivity index (χ3v) is 9.53. The van der Waals surface area contributed by atoms with E-state index in [1.807, 2.05) is 125 Å². The Hall–Kier alpha value is -4.26. The monoisotopic (exact) mass is 604 g/mol. The van der Waals surface area contributed by atoms with Crippen LogP contribution in [0, 0.1) is 33.1 Å². The maximum atomic E-state index is 13.9. The molecule has 0 radical (unpaired) electrons. The van der Waals surface area contributed by atoms with Gasteiger partial charge in [-0.3, -0.25) is 9.59 Å². The molecule has 2 amide bonds. The van der Waals surface area contributed by atoms with Crippen molar-refractivity contribution in [3.05, 3.63) is 142 Å². The first-order valence-electron chi connectivity index (χ1n) is 15.7. The molecule has 4 N–H and O–H groups in total. The summed E-state index contributed by atoms with van der Waals surface area (Å²) < 4.78 is 0. The van der Waals surface area contributed by atoms with E-state index in [0.717, 1.165) is 22.3 Å². The Balaban J connectivity index is 1.40. The zero-order valence-electron chi connectivity index (χ0n) is 27.0. The number of rotatable bonds is 10. The van der Waals surface area contributed by atoms with Gasteiger partial charge in [0.1, 0.15) is 16.6 Å². The van der Waals surface area contributed by atoms with E-state index in [1.165, 1.54) is 0 Å². The molecule has 1 aliphatic carbocycles. The second-order valence-electron chi connectivity index (χ2n) is 13.0. The van der Waals surface area contributed by atoms with Gasteiger partial charge in [-0.05, 0) is 76.6 Å². The molecule has 0 spiro atoms. The van der Waals surface area contributed by atoms with Crippen LogP contribution < -0.4 is 10.6 Å². The Kier molecular flexibility index (Phi) is 8.76. The normalized spacial score (nSPS) is 15.6. The van der Waals surface area contributed by atoms with E-state index < -0.39 is 40.5 Å². The molecule has 1 saturated carbocycles. The molecule has 6 heteroatoms. The van der Waals surface area contributed by atoms with Crippen molar-refractivity contribution in [3.8, 4) is 0 Å². The molecule has 234 valence electrons. The molecule has 0 saturated heterocycles. The minimum absolute atomic E-state index is 0.380. The predicted octanol–water partition coefficient (Wildman–Crippen LogP) is 5.88. The lowest BCUT2D eigenvalue weighted by Crippen LogP contribution is -2.56. The Labute approximate surface area is 266 Å². The zero-order chi connectivity index (χ0) is 32.6. The van der Waals surface area contributed by atoms with Crippen LogP contribution in [-0.4, -0.2) is 34.1 Å². The molecule has 4 aromatic carbocycles. The summed E-state index contributed by atoms with van der Waals surface area (Å²) in [7, 11) is 0. The van der Waals surface area contributed by atoms with Crippen LogP contribution in [0.3, 0.4) is 0 Å². The van der Waals surface area contributed by atoms with E-state index in [-0.39, 0.29) is 0 Å². The second kappa shape index (κ2) is 12.3. The minimum Gasteiger partial charge on any atom is -0.378 e. The second-order valence-corrected chi connectivity index (χ2v) is 13.0. The van der Waals surface area contributed by atoms with Crippen LogP contribution >= 0.6 is 0 Å². The largest absolute Gasteiger partial charge is 0.378 e. The van der Waals surface area contributed by atoms with Gasteiger partial charge in [0, 0.05) is 0 Å². The summed E-state index contributed by atoms with van der Waals surface area (Å²) in [5.74, 6) is -0.877. The van der Waals surface area contributed by atoms with Gasteiger partial charge in [-0.1, -0.05) is 119 Å². The number of carbonyl (C=O) groups excluding carboxylic acids is 2. The lowest BCUT2D eigenvalue weighted by Gasteiger charge is -2.38. The Morgan fingerprint density at radius 3 is 0.956 bits per heavy atom. The van der Waals surface area contributed by atoms with Gasteiger partial charge < -0.3 is 20.8 Å². The van der Waals surface area contributed by atoms with Crippen molar-refractivity contribution in [1.29, 1.82) is 0 Å². The summed E-state index contributed by atoms with van der Waals surface area (Å²) in [6.45, 7) is 11.5. The van der Waals surface area contributed by atoms with Crippen LogP contribution in [-0.2, 0) is 20.8 Å². The molecule has 2 unspecified atom stereocenters. The van der Waals surface area contributed by atoms with E-state index in [9.17, 15) is 19.8 Å². The highest BCUT2D eigenvalue weighted by atomic mass is 16.3. The maximum absolute atomic E-state index is 13.9. The third kappa shape index (κ3) is 6.05. The van der Waals surface area contributed by atoms with Crippen molar-refractivity contribution in [2.45, 2.75) is 77.7 Å². The minimum atomic E-state index is -1.53. The highest BCUT2D eigenvalue weighted by molar-refractivity contribution is 6.08. The standard InChI is InChI=1S/C39H44N2O4/c1-25-7-15-31(16-8-25)38(44,32-17-9-26(2)10-18-32)29(5)40-35(42)37(23-24-37)36(43)41-30(6)39(45,33-19-11-27(3)12-20-33)34-21-13-28(4)14-22-34/h7-22,29-30,44-45H,23-24H2,1-6H3,(H,40,42)(H,41,43). The van der Waals surface area contributed by atoms with Gasteiger partial charge in [0.25, 0.3) is 0 Å². The van der Waals surface area contributed by atoms with Crippen LogP contribution in [0.5, 0.6) is 0 Å². The van der Waals surface area contributed by atoms with Gasteiger partial charge in [0.15, 0.2) is 0 Å². The maximum Gasteiger partial charge on any atom is 0.236 e. The Morgan fingerprint density at radius 2 is 0.756 bits per heavy atom. The first-order valence-corrected chi connectivity index (χ1v) is 15.7. The van der Waals surface area contributed by atoms with Crippen LogP contribution in [0.25, 0.3) is 0 Å². The van der Waals surface area contributed by atoms with Crippen molar-refractivity contribution in [2.75, 3.05) is 0 Å². The number of carbonyl (C=O) groups is 2. The van der Waals surface area contributed by atoms with E-state index in [2.05, 4.69) is 10.6 Å². The molecular weight excluding hydrogens is 560 g/mol. The summed E-state index contributed by atoms with van der Waals surface area (Å²) in [6.07, 6.45) is 0.760. The molecule has 4 aromatic rings. The summed E-state index contributed by atoms with van der Waals surface area (Å²) >= 11 is 0. The number of hydrogen-bond donors (Lipinski definition) is 4. The number of nitrogens with one attached hydrogen (secondary N) is 2. The lowest BCUT2D eigenvalue weighted by atomic mass is 9.79. The highest BCUT2D eigenvalue weighted by Crippen LogP contribution is 2.47. The van der Waals surface area contributed by atoms with Crippen molar-refractivity contribution >= 4 is 11.8 Å². The number of benzene rings is 4. The average Bonchev–Trinajstić information content (AvgIpc) is 3.84. The molecule has 2 atom stereocenters. The predicted molar refractivity (Wildman–Crippen MR) is 178 cm³/mol. The molecule has 6 nitrogen and oxygen atoms in total. The van der Waals surface area contributed by atoms with Crippen LogP contribution in [0.2, 0.25) is 0 Å². The number of hydrogen-bond acceptors (Lipinski definition) is 4. The van der Waals surface area contributed by atoms with E-state index in [0.29, 0.717) is 35.1 Å². The van der Waals surface area contributed by atoms with E-state index >= 15 is 0 Å². The van der Waals surface area contributed by atoms with E-state index in [1.54, 1.807) is 13.8 Å². The van der Waals surface area contributed by atoms with E-state index in [4.69, 9.17) is 0 Å². The molecule has 5 rings (SSSR count). The summed E-state index contributed by atoms with van der Waals surface area (Å²) in [5.41, 5.74) is 2.46. The van der Waals surface area contributed by atoms with Crippen molar-refractivity contribution in [1.82, 2.24) is 10.6 Å². The fourth-order valence-corrected chi connectivity index (χ4v) is 6.12. The summed E-state index contributed by atoms with van der Waals surface area (Å²) in [4.78, 5) is 27.8. The van der Waals surface area contributed by atoms with Crippen molar-refractivity contribution in [3.63, 3.8) is 0 Å². The van der Waals surface area contributed by atoms with Crippen LogP contribution in [0.15, 0.2) is 97.1 Å². The first kappa shape index (κ1) is 32.1. The molecular formula is C39H44N2O4. The lowest BCUT2D eigenvalue weighted by molar-refractivity contribution is -0.139. The topological polar surface area (TPSA) is 98.7 Å². The van der Waals surface area contributed by atoms with Crippen LogP contribution in [0.4, 0.5) is 0 Å². The van der Waals surface area contributed by atoms with Gasteiger partial charge in [-0.15, -0.1) is 0 Å². The van der Waals surface area contributed by atoms with Gasteiger partial charge in [-0.2, -0.15) is 0 Å². The average molecular weight is 605 g/mol. The fraction of sp³-hybridized carbons (Fsp3) is 0.333. The fourth-order valence-electron chi connectivity index (χ4n) is 6.12. The number of aryl methyl sites for hydroxylation is 4. The number of amides is 2. The summed E-state index contributed by atoms with van der Waals surface area (Å²) in [6, 6.07) is 28.9. The van der Waals surface area contributed by atoms with Crippen molar-refractivity contribution < 1.29 is 19.8 Å². The first-order chi connectivity index (χ1) is 21.3. The summed E-state index contributed by atoms with van der Waals surface area (Å²) in [5, 5.41) is 30.6. The molecule has 1 fully saturated rings. The smallest absolute Gasteiger partial charge is 0.236 e. The van der Waals surface area contributed by atoms with Crippen LogP contribution in [0.1, 0.15) is 71.2 Å². The Morgan fingerprint density at radius 1 is 0.533 bits per heavy atom. The van der Waals surface area contributed by atoms with Gasteiger partial charge in [0.2, 0.25) is 11.8 Å². The molecule has 45 heavy (non-hydrogen) atoms. The zero-order valence-corrected chi connectivity index (χ0v) is 27.0.